The van der Waals surface area contributed by atoms with Crippen LogP contribution in [0.1, 0.15) is 33.9 Å². The molecule has 5 rings (SSSR count). The molecule has 5 heteroatoms. The van der Waals surface area contributed by atoms with Crippen LogP contribution in [0.5, 0.6) is 0 Å². The van der Waals surface area contributed by atoms with Gasteiger partial charge in [0.15, 0.2) is 0 Å². The Morgan fingerprint density at radius 2 is 1.53 bits per heavy atom. The minimum Gasteiger partial charge on any atom is -0.336 e. The summed E-state index contributed by atoms with van der Waals surface area (Å²) in [5.41, 5.74) is 2.98. The first-order valence-electron chi connectivity index (χ1n) is 11.7. The summed E-state index contributed by atoms with van der Waals surface area (Å²) in [6.45, 7) is 1.77. The summed E-state index contributed by atoms with van der Waals surface area (Å²) in [5.74, 6) is -0.0316. The van der Waals surface area contributed by atoms with E-state index in [4.69, 9.17) is 0 Å². The fourth-order valence-electron chi connectivity index (χ4n) is 5.02. The second kappa shape index (κ2) is 9.98. The van der Waals surface area contributed by atoms with Crippen LogP contribution in [0.2, 0.25) is 0 Å². The maximum absolute atomic E-state index is 13.6. The van der Waals surface area contributed by atoms with Gasteiger partial charge in [0.05, 0.1) is 11.6 Å². The van der Waals surface area contributed by atoms with Crippen LogP contribution in [0.4, 0.5) is 0 Å². The summed E-state index contributed by atoms with van der Waals surface area (Å²) < 4.78 is 0. The Morgan fingerprint density at radius 1 is 0.882 bits per heavy atom. The van der Waals surface area contributed by atoms with Crippen molar-refractivity contribution >= 4 is 23.0 Å². The topological polar surface area (TPSA) is 53.5 Å². The number of carbonyl (C=O) groups excluding carboxylic acids is 2. The summed E-state index contributed by atoms with van der Waals surface area (Å²) >= 11 is 0. The zero-order valence-electron chi connectivity index (χ0n) is 19.0. The number of aldehydes is 1. The van der Waals surface area contributed by atoms with Crippen LogP contribution >= 0.6 is 0 Å². The molecule has 1 fully saturated rings. The van der Waals surface area contributed by atoms with E-state index < -0.39 is 0 Å². The summed E-state index contributed by atoms with van der Waals surface area (Å²) in [6.07, 6.45) is 4.78. The lowest BCUT2D eigenvalue weighted by molar-refractivity contribution is -0.109. The lowest BCUT2D eigenvalue weighted by atomic mass is 9.93. The average Bonchev–Trinajstić information content (AvgIpc) is 2.90. The van der Waals surface area contributed by atoms with Gasteiger partial charge in [-0.3, -0.25) is 14.7 Å². The predicted octanol–water partition coefficient (Wildman–Crippen LogP) is 4.74. The monoisotopic (exact) mass is 449 g/mol. The Kier molecular flexibility index (Phi) is 6.45. The molecule has 0 spiro atoms. The van der Waals surface area contributed by atoms with E-state index in [2.05, 4.69) is 34.1 Å². The number of hydrogen-bond acceptors (Lipinski definition) is 4. The quantitative estimate of drug-likeness (QED) is 0.399. The first-order chi connectivity index (χ1) is 16.8. The molecule has 0 saturated carbocycles. The SMILES string of the molecule is O=CCC1CN(C(=O)c2cncc3ccccc23)CCN1C(c1ccccc1)c1ccccc1. The van der Waals surface area contributed by atoms with Gasteiger partial charge in [-0.2, -0.15) is 0 Å². The number of pyridine rings is 1. The highest BCUT2D eigenvalue weighted by Crippen LogP contribution is 2.33. The Morgan fingerprint density at radius 3 is 2.21 bits per heavy atom. The van der Waals surface area contributed by atoms with E-state index in [1.807, 2.05) is 65.6 Å². The Hall–Kier alpha value is -3.83. The molecule has 34 heavy (non-hydrogen) atoms. The van der Waals surface area contributed by atoms with E-state index in [1.165, 1.54) is 11.1 Å². The van der Waals surface area contributed by atoms with Crippen LogP contribution in [-0.4, -0.2) is 52.7 Å². The summed E-state index contributed by atoms with van der Waals surface area (Å²) in [6, 6.07) is 28.5. The molecule has 1 aliphatic rings. The van der Waals surface area contributed by atoms with Crippen molar-refractivity contribution < 1.29 is 9.59 Å². The molecular formula is C29H27N3O2. The van der Waals surface area contributed by atoms with Gasteiger partial charge < -0.3 is 9.69 Å². The van der Waals surface area contributed by atoms with Gasteiger partial charge in [-0.1, -0.05) is 84.9 Å². The fraction of sp³-hybridized carbons (Fsp3) is 0.207. The molecule has 0 aliphatic carbocycles. The molecule has 4 aromatic rings. The third-order valence-corrected chi connectivity index (χ3v) is 6.64. The van der Waals surface area contributed by atoms with Crippen LogP contribution < -0.4 is 0 Å². The van der Waals surface area contributed by atoms with E-state index in [0.717, 1.165) is 17.1 Å². The second-order valence-corrected chi connectivity index (χ2v) is 8.68. The summed E-state index contributed by atoms with van der Waals surface area (Å²) in [4.78, 5) is 33.8. The Bertz CT molecular complexity index is 1230. The normalized spacial score (nSPS) is 16.6. The molecule has 1 atom stereocenters. The van der Waals surface area contributed by atoms with Gasteiger partial charge in [0, 0.05) is 49.9 Å². The molecule has 3 aromatic carbocycles. The van der Waals surface area contributed by atoms with Crippen molar-refractivity contribution in [2.24, 2.45) is 0 Å². The average molecular weight is 450 g/mol. The highest BCUT2D eigenvalue weighted by atomic mass is 16.2. The van der Waals surface area contributed by atoms with Crippen LogP contribution in [0.15, 0.2) is 97.3 Å². The maximum atomic E-state index is 13.6. The largest absolute Gasteiger partial charge is 0.336 e. The zero-order valence-corrected chi connectivity index (χ0v) is 19.0. The molecule has 5 nitrogen and oxygen atoms in total. The van der Waals surface area contributed by atoms with Crippen LogP contribution in [0.25, 0.3) is 10.8 Å². The fourth-order valence-corrected chi connectivity index (χ4v) is 5.02. The van der Waals surface area contributed by atoms with Crippen molar-refractivity contribution in [2.75, 3.05) is 19.6 Å². The molecule has 170 valence electrons. The van der Waals surface area contributed by atoms with Crippen molar-refractivity contribution in [2.45, 2.75) is 18.5 Å². The third-order valence-electron chi connectivity index (χ3n) is 6.64. The minimum atomic E-state index is -0.0800. The van der Waals surface area contributed by atoms with Crippen molar-refractivity contribution in [3.63, 3.8) is 0 Å². The minimum absolute atomic E-state index is 0.0174. The Labute approximate surface area is 199 Å². The third kappa shape index (κ3) is 4.35. The van der Waals surface area contributed by atoms with Gasteiger partial charge in [0.25, 0.3) is 5.91 Å². The predicted molar refractivity (Wildman–Crippen MR) is 134 cm³/mol. The molecule has 0 radical (unpaired) electrons. The first-order valence-corrected chi connectivity index (χ1v) is 11.7. The zero-order chi connectivity index (χ0) is 23.3. The van der Waals surface area contributed by atoms with Gasteiger partial charge in [0.2, 0.25) is 0 Å². The van der Waals surface area contributed by atoms with Crippen molar-refractivity contribution in [3.05, 3.63) is 114 Å². The van der Waals surface area contributed by atoms with E-state index >= 15 is 0 Å². The highest BCUT2D eigenvalue weighted by Gasteiger charge is 2.35. The van der Waals surface area contributed by atoms with E-state index in [0.29, 0.717) is 31.6 Å². The smallest absolute Gasteiger partial charge is 0.256 e. The van der Waals surface area contributed by atoms with Crippen LogP contribution in [0.3, 0.4) is 0 Å². The molecule has 2 heterocycles. The van der Waals surface area contributed by atoms with Gasteiger partial charge in [-0.25, -0.2) is 0 Å². The lowest BCUT2D eigenvalue weighted by Gasteiger charge is -2.45. The summed E-state index contributed by atoms with van der Waals surface area (Å²) in [5, 5.41) is 1.85. The van der Waals surface area contributed by atoms with E-state index in [-0.39, 0.29) is 18.0 Å². The van der Waals surface area contributed by atoms with Gasteiger partial charge in [-0.15, -0.1) is 0 Å². The maximum Gasteiger partial charge on any atom is 0.256 e. The highest BCUT2D eigenvalue weighted by molar-refractivity contribution is 6.06. The lowest BCUT2D eigenvalue weighted by Crippen LogP contribution is -2.56. The standard InChI is InChI=1S/C29H27N3O2/c33-18-15-25-21-31(29(34)27-20-30-19-24-13-7-8-14-26(24)27)16-17-32(25)28(22-9-3-1-4-10-22)23-11-5-2-6-12-23/h1-14,18-20,25,28H,15-17,21H2. The van der Waals surface area contributed by atoms with Crippen LogP contribution in [-0.2, 0) is 4.79 Å². The van der Waals surface area contributed by atoms with Gasteiger partial charge in [-0.05, 0) is 16.5 Å². The van der Waals surface area contributed by atoms with E-state index in [9.17, 15) is 9.59 Å². The number of hydrogen-bond donors (Lipinski definition) is 0. The number of piperazine rings is 1. The van der Waals surface area contributed by atoms with Crippen molar-refractivity contribution in [3.8, 4) is 0 Å². The first kappa shape index (κ1) is 22.0. The number of nitrogens with zero attached hydrogens (tertiary/aromatic N) is 3. The number of fused-ring (bicyclic) bond motifs is 1. The van der Waals surface area contributed by atoms with Crippen LogP contribution in [0, 0.1) is 0 Å². The number of amides is 1. The molecular weight excluding hydrogens is 422 g/mol. The second-order valence-electron chi connectivity index (χ2n) is 8.68. The molecule has 1 amide bonds. The van der Waals surface area contributed by atoms with Crippen molar-refractivity contribution in [1.29, 1.82) is 0 Å². The molecule has 1 saturated heterocycles. The number of benzene rings is 3. The van der Waals surface area contributed by atoms with Crippen molar-refractivity contribution in [1.82, 2.24) is 14.8 Å². The molecule has 1 unspecified atom stereocenters. The number of carbonyl (C=O) groups is 2. The van der Waals surface area contributed by atoms with Gasteiger partial charge >= 0.3 is 0 Å². The molecule has 0 N–H and O–H groups in total. The molecule has 1 aliphatic heterocycles. The Balaban J connectivity index is 1.46. The van der Waals surface area contributed by atoms with Gasteiger partial charge in [0.1, 0.15) is 6.29 Å². The number of aromatic nitrogens is 1. The molecule has 0 bridgehead atoms. The number of rotatable bonds is 6. The molecule has 1 aromatic heterocycles. The van der Waals surface area contributed by atoms with E-state index in [1.54, 1.807) is 12.4 Å². The summed E-state index contributed by atoms with van der Waals surface area (Å²) in [7, 11) is 0.